The fraction of sp³-hybridized carbons (Fsp3) is 0.750. The van der Waals surface area contributed by atoms with Crippen molar-refractivity contribution in [3.63, 3.8) is 0 Å². The zero-order chi connectivity index (χ0) is 15.7. The molecule has 1 amide bonds. The van der Waals surface area contributed by atoms with E-state index in [9.17, 15) is 13.6 Å². The number of aromatic nitrogens is 2. The molecule has 1 saturated carbocycles. The normalized spacial score (nSPS) is 25.6. The first-order chi connectivity index (χ1) is 10.4. The summed E-state index contributed by atoms with van der Waals surface area (Å²) in [7, 11) is 0. The van der Waals surface area contributed by atoms with E-state index in [0.29, 0.717) is 12.3 Å². The summed E-state index contributed by atoms with van der Waals surface area (Å²) in [5.41, 5.74) is 2.33. The number of halogens is 2. The summed E-state index contributed by atoms with van der Waals surface area (Å²) in [6, 6.07) is 0. The molecule has 6 heteroatoms. The molecule has 0 spiro atoms. The monoisotopic (exact) mass is 311 g/mol. The highest BCUT2D eigenvalue weighted by Gasteiger charge is 2.40. The molecular formula is C16H23F2N3O. The number of nitrogens with one attached hydrogen (secondary N) is 1. The number of carbonyl (C=O) groups excluding carboxylic acids is 1. The van der Waals surface area contributed by atoms with Gasteiger partial charge in [-0.2, -0.15) is 5.10 Å². The maximum atomic E-state index is 13.2. The summed E-state index contributed by atoms with van der Waals surface area (Å²) in [6.45, 7) is 3.45. The van der Waals surface area contributed by atoms with Crippen molar-refractivity contribution in [2.24, 2.45) is 5.92 Å². The van der Waals surface area contributed by atoms with Gasteiger partial charge in [0.2, 0.25) is 11.8 Å². The largest absolute Gasteiger partial charge is 0.343 e. The molecule has 2 fully saturated rings. The Labute approximate surface area is 129 Å². The van der Waals surface area contributed by atoms with Crippen molar-refractivity contribution in [3.05, 3.63) is 17.5 Å². The van der Waals surface area contributed by atoms with Crippen molar-refractivity contribution >= 4 is 5.91 Å². The van der Waals surface area contributed by atoms with Gasteiger partial charge in [-0.25, -0.2) is 8.78 Å². The first-order valence-corrected chi connectivity index (χ1v) is 8.10. The van der Waals surface area contributed by atoms with E-state index in [1.165, 1.54) is 5.56 Å². The quantitative estimate of drug-likeness (QED) is 0.931. The highest BCUT2D eigenvalue weighted by Crippen LogP contribution is 2.40. The summed E-state index contributed by atoms with van der Waals surface area (Å²) in [4.78, 5) is 14.1. The van der Waals surface area contributed by atoms with E-state index in [2.05, 4.69) is 10.2 Å². The lowest BCUT2D eigenvalue weighted by Gasteiger charge is -2.32. The van der Waals surface area contributed by atoms with Crippen molar-refractivity contribution in [2.45, 2.75) is 57.3 Å². The summed E-state index contributed by atoms with van der Waals surface area (Å²) in [6.07, 6.45) is 4.29. The van der Waals surface area contributed by atoms with Crippen LogP contribution in [0, 0.1) is 12.8 Å². The smallest absolute Gasteiger partial charge is 0.248 e. The molecule has 4 nitrogen and oxygen atoms in total. The molecule has 1 aliphatic carbocycles. The van der Waals surface area contributed by atoms with E-state index in [4.69, 9.17) is 0 Å². The molecule has 0 bridgehead atoms. The fourth-order valence-electron chi connectivity index (χ4n) is 3.80. The van der Waals surface area contributed by atoms with Crippen LogP contribution in [0.5, 0.6) is 0 Å². The Hall–Kier alpha value is -1.46. The van der Waals surface area contributed by atoms with Crippen LogP contribution in [0.25, 0.3) is 0 Å². The minimum absolute atomic E-state index is 0.0464. The number of aryl methyl sites for hydroxylation is 1. The summed E-state index contributed by atoms with van der Waals surface area (Å²) in [5.74, 6) is -2.21. The van der Waals surface area contributed by atoms with E-state index in [1.54, 1.807) is 0 Å². The molecule has 1 aromatic heterocycles. The van der Waals surface area contributed by atoms with Gasteiger partial charge in [-0.05, 0) is 43.6 Å². The zero-order valence-corrected chi connectivity index (χ0v) is 12.9. The minimum Gasteiger partial charge on any atom is -0.343 e. The number of amides is 1. The Morgan fingerprint density at radius 2 is 2.14 bits per heavy atom. The molecule has 1 atom stereocenters. The molecule has 2 aliphatic rings. The van der Waals surface area contributed by atoms with Gasteiger partial charge in [0.05, 0.1) is 6.20 Å². The maximum absolute atomic E-state index is 13.2. The van der Waals surface area contributed by atoms with Crippen LogP contribution >= 0.6 is 0 Å². The highest BCUT2D eigenvalue weighted by atomic mass is 19.3. The second kappa shape index (κ2) is 5.97. The van der Waals surface area contributed by atoms with E-state index < -0.39 is 5.92 Å². The summed E-state index contributed by atoms with van der Waals surface area (Å²) in [5, 5.41) is 7.01. The number of likely N-dealkylation sites (tertiary alicyclic amines) is 1. The van der Waals surface area contributed by atoms with Crippen LogP contribution in [0.15, 0.2) is 6.20 Å². The third-order valence-electron chi connectivity index (χ3n) is 5.13. The average molecular weight is 311 g/mol. The number of nitrogens with zero attached hydrogens (tertiary/aromatic N) is 2. The van der Waals surface area contributed by atoms with Crippen LogP contribution in [0.2, 0.25) is 0 Å². The summed E-state index contributed by atoms with van der Waals surface area (Å²) >= 11 is 0. The maximum Gasteiger partial charge on any atom is 0.248 e. The predicted octanol–water partition coefficient (Wildman–Crippen LogP) is 3.25. The Balaban J connectivity index is 1.49. The average Bonchev–Trinajstić information content (AvgIpc) is 3.04. The van der Waals surface area contributed by atoms with Gasteiger partial charge < -0.3 is 4.90 Å². The van der Waals surface area contributed by atoms with E-state index >= 15 is 0 Å². The predicted molar refractivity (Wildman–Crippen MR) is 78.8 cm³/mol. The van der Waals surface area contributed by atoms with Gasteiger partial charge in [0.15, 0.2) is 0 Å². The first kappa shape index (κ1) is 15.4. The standard InChI is InChI=1S/C16H23F2N3O/c1-11-14(10-19-20-11)13-3-6-21(7-4-13)15(22)8-12-2-5-16(17,18)9-12/h10,12-13H,2-9H2,1H3,(H,19,20). The van der Waals surface area contributed by atoms with Gasteiger partial charge >= 0.3 is 0 Å². The fourth-order valence-corrected chi connectivity index (χ4v) is 3.80. The number of aromatic amines is 1. The van der Waals surface area contributed by atoms with Gasteiger partial charge in [0.1, 0.15) is 0 Å². The highest BCUT2D eigenvalue weighted by molar-refractivity contribution is 5.76. The van der Waals surface area contributed by atoms with Crippen LogP contribution in [0.3, 0.4) is 0 Å². The van der Waals surface area contributed by atoms with Crippen LogP contribution in [0.4, 0.5) is 8.78 Å². The minimum atomic E-state index is -2.56. The molecule has 0 radical (unpaired) electrons. The molecule has 2 heterocycles. The van der Waals surface area contributed by atoms with E-state index in [-0.39, 0.29) is 31.1 Å². The number of H-pyrrole nitrogens is 1. The lowest BCUT2D eigenvalue weighted by atomic mass is 9.89. The van der Waals surface area contributed by atoms with Gasteiger partial charge in [-0.1, -0.05) is 0 Å². The molecule has 1 saturated heterocycles. The Morgan fingerprint density at radius 3 is 2.68 bits per heavy atom. The Bertz CT molecular complexity index is 535. The Kier molecular flexibility index (Phi) is 4.19. The molecule has 1 unspecified atom stereocenters. The number of carbonyl (C=O) groups is 1. The number of alkyl halides is 2. The third-order valence-corrected chi connectivity index (χ3v) is 5.13. The van der Waals surface area contributed by atoms with Crippen molar-refractivity contribution in [2.75, 3.05) is 13.1 Å². The second-order valence-electron chi connectivity index (χ2n) is 6.77. The second-order valence-corrected chi connectivity index (χ2v) is 6.77. The van der Waals surface area contributed by atoms with Crippen LogP contribution in [-0.4, -0.2) is 40.0 Å². The SMILES string of the molecule is Cc1[nH]ncc1C1CCN(C(=O)CC2CCC(F)(F)C2)CC1. The van der Waals surface area contributed by atoms with E-state index in [0.717, 1.165) is 31.6 Å². The lowest BCUT2D eigenvalue weighted by Crippen LogP contribution is -2.38. The molecule has 122 valence electrons. The first-order valence-electron chi connectivity index (χ1n) is 8.10. The Morgan fingerprint density at radius 1 is 1.41 bits per heavy atom. The number of hydrogen-bond acceptors (Lipinski definition) is 2. The molecule has 3 rings (SSSR count). The lowest BCUT2D eigenvalue weighted by molar-refractivity contribution is -0.133. The van der Waals surface area contributed by atoms with Crippen molar-refractivity contribution < 1.29 is 13.6 Å². The molecule has 1 aliphatic heterocycles. The van der Waals surface area contributed by atoms with E-state index in [1.807, 2.05) is 18.0 Å². The molecule has 1 N–H and O–H groups in total. The number of hydrogen-bond donors (Lipinski definition) is 1. The van der Waals surface area contributed by atoms with Crippen LogP contribution < -0.4 is 0 Å². The van der Waals surface area contributed by atoms with Crippen molar-refractivity contribution in [3.8, 4) is 0 Å². The van der Waals surface area contributed by atoms with Crippen molar-refractivity contribution in [1.82, 2.24) is 15.1 Å². The topological polar surface area (TPSA) is 49.0 Å². The molecule has 22 heavy (non-hydrogen) atoms. The van der Waals surface area contributed by atoms with Gasteiger partial charge in [0.25, 0.3) is 0 Å². The van der Waals surface area contributed by atoms with Gasteiger partial charge in [-0.15, -0.1) is 0 Å². The third kappa shape index (κ3) is 3.31. The van der Waals surface area contributed by atoms with Crippen molar-refractivity contribution in [1.29, 1.82) is 0 Å². The summed E-state index contributed by atoms with van der Waals surface area (Å²) < 4.78 is 26.4. The molecular weight excluding hydrogens is 288 g/mol. The molecule has 1 aromatic rings. The number of rotatable bonds is 3. The van der Waals surface area contributed by atoms with Gasteiger partial charge in [0, 0.05) is 38.0 Å². The zero-order valence-electron chi connectivity index (χ0n) is 12.9. The number of piperidine rings is 1. The molecule has 0 aromatic carbocycles. The van der Waals surface area contributed by atoms with Crippen LogP contribution in [0.1, 0.15) is 55.7 Å². The van der Waals surface area contributed by atoms with Crippen LogP contribution in [-0.2, 0) is 4.79 Å². The van der Waals surface area contributed by atoms with Gasteiger partial charge in [-0.3, -0.25) is 9.89 Å².